The van der Waals surface area contributed by atoms with Crippen LogP contribution in [0, 0.1) is 11.2 Å². The first kappa shape index (κ1) is 17.9. The number of anilines is 1. The summed E-state index contributed by atoms with van der Waals surface area (Å²) in [5.41, 5.74) is -0.979. The Hall–Kier alpha value is -2.44. The van der Waals surface area contributed by atoms with Crippen LogP contribution in [0.25, 0.3) is 0 Å². The highest BCUT2D eigenvalue weighted by Gasteiger charge is 2.40. The summed E-state index contributed by atoms with van der Waals surface area (Å²) in [5, 5.41) is 2.58. The van der Waals surface area contributed by atoms with Gasteiger partial charge in [-0.05, 0) is 32.0 Å². The number of carbonyl (C=O) groups excluding carboxylic acids is 3. The van der Waals surface area contributed by atoms with E-state index < -0.39 is 17.1 Å². The fraction of sp³-hybridized carbons (Fsp3) is 0.471. The molecule has 0 radical (unpaired) electrons. The number of rotatable bonds is 3. The maximum absolute atomic E-state index is 13.2. The number of hydrogen-bond acceptors (Lipinski definition) is 3. The van der Waals surface area contributed by atoms with Gasteiger partial charge in [0.2, 0.25) is 17.7 Å². The smallest absolute Gasteiger partial charge is 0.239 e. The summed E-state index contributed by atoms with van der Waals surface area (Å²) in [6.45, 7) is 6.30. The third-order valence-electron chi connectivity index (χ3n) is 4.20. The van der Waals surface area contributed by atoms with Crippen LogP contribution in [0.4, 0.5) is 10.1 Å². The van der Waals surface area contributed by atoms with E-state index >= 15 is 0 Å². The number of nitrogens with zero attached hydrogens (tertiary/aromatic N) is 2. The van der Waals surface area contributed by atoms with Gasteiger partial charge >= 0.3 is 0 Å². The molecule has 1 aliphatic rings. The first-order chi connectivity index (χ1) is 11.2. The highest BCUT2D eigenvalue weighted by molar-refractivity contribution is 6.09. The maximum atomic E-state index is 13.2. The van der Waals surface area contributed by atoms with Gasteiger partial charge in [-0.15, -0.1) is 0 Å². The van der Waals surface area contributed by atoms with E-state index in [-0.39, 0.29) is 11.8 Å². The first-order valence-corrected chi connectivity index (χ1v) is 7.83. The molecule has 0 atom stereocenters. The minimum absolute atomic E-state index is 0.0230. The minimum Gasteiger partial charge on any atom is -0.339 e. The lowest BCUT2D eigenvalue weighted by atomic mass is 9.89. The Kier molecular flexibility index (Phi) is 5.21. The number of piperazine rings is 1. The maximum Gasteiger partial charge on any atom is 0.239 e. The molecular weight excluding hydrogens is 313 g/mol. The average molecular weight is 335 g/mol. The third-order valence-corrected chi connectivity index (χ3v) is 4.20. The van der Waals surface area contributed by atoms with Crippen molar-refractivity contribution in [2.45, 2.75) is 20.8 Å². The summed E-state index contributed by atoms with van der Waals surface area (Å²) in [4.78, 5) is 39.7. The van der Waals surface area contributed by atoms with Gasteiger partial charge in [0, 0.05) is 38.8 Å². The zero-order valence-electron chi connectivity index (χ0n) is 14.1. The topological polar surface area (TPSA) is 69.7 Å². The van der Waals surface area contributed by atoms with Gasteiger partial charge in [-0.1, -0.05) is 6.07 Å². The van der Waals surface area contributed by atoms with E-state index in [1.807, 2.05) is 0 Å². The summed E-state index contributed by atoms with van der Waals surface area (Å²) in [6.07, 6.45) is 0. The molecule has 6 nitrogen and oxygen atoms in total. The van der Waals surface area contributed by atoms with Crippen LogP contribution < -0.4 is 5.32 Å². The average Bonchev–Trinajstić information content (AvgIpc) is 2.54. The number of carbonyl (C=O) groups is 3. The summed E-state index contributed by atoms with van der Waals surface area (Å²) >= 11 is 0. The van der Waals surface area contributed by atoms with Crippen molar-refractivity contribution in [3.63, 3.8) is 0 Å². The van der Waals surface area contributed by atoms with Crippen LogP contribution in [-0.4, -0.2) is 53.7 Å². The van der Waals surface area contributed by atoms with Crippen LogP contribution in [0.1, 0.15) is 20.8 Å². The second kappa shape index (κ2) is 6.98. The van der Waals surface area contributed by atoms with Gasteiger partial charge < -0.3 is 15.1 Å². The Balaban J connectivity index is 2.02. The number of amides is 3. The largest absolute Gasteiger partial charge is 0.339 e. The van der Waals surface area contributed by atoms with Crippen LogP contribution >= 0.6 is 0 Å². The molecule has 0 spiro atoms. The lowest BCUT2D eigenvalue weighted by molar-refractivity contribution is -0.149. The Bertz CT molecular complexity index is 652. The van der Waals surface area contributed by atoms with Crippen LogP contribution in [0.5, 0.6) is 0 Å². The molecule has 1 saturated heterocycles. The van der Waals surface area contributed by atoms with E-state index in [1.165, 1.54) is 25.1 Å². The van der Waals surface area contributed by atoms with Crippen molar-refractivity contribution >= 4 is 23.4 Å². The van der Waals surface area contributed by atoms with Gasteiger partial charge in [0.15, 0.2) is 0 Å². The molecule has 0 aliphatic carbocycles. The van der Waals surface area contributed by atoms with E-state index in [2.05, 4.69) is 5.32 Å². The summed E-state index contributed by atoms with van der Waals surface area (Å²) < 4.78 is 13.2. The molecular formula is C17H22FN3O3. The summed E-state index contributed by atoms with van der Waals surface area (Å²) in [6, 6.07) is 5.53. The van der Waals surface area contributed by atoms with Crippen molar-refractivity contribution in [2.24, 2.45) is 5.41 Å². The van der Waals surface area contributed by atoms with Crippen LogP contribution in [0.15, 0.2) is 24.3 Å². The quantitative estimate of drug-likeness (QED) is 0.851. The fourth-order valence-corrected chi connectivity index (χ4v) is 2.57. The number of nitrogens with one attached hydrogen (secondary N) is 1. The van der Waals surface area contributed by atoms with E-state index in [0.717, 1.165) is 0 Å². The molecule has 1 N–H and O–H groups in total. The van der Waals surface area contributed by atoms with E-state index in [9.17, 15) is 18.8 Å². The molecule has 130 valence electrons. The van der Waals surface area contributed by atoms with Gasteiger partial charge in [-0.25, -0.2) is 4.39 Å². The van der Waals surface area contributed by atoms with Gasteiger partial charge in [0.25, 0.3) is 0 Å². The molecule has 0 unspecified atom stereocenters. The predicted octanol–water partition coefficient (Wildman–Crippen LogP) is 1.48. The zero-order chi connectivity index (χ0) is 17.9. The Morgan fingerprint density at radius 2 is 1.67 bits per heavy atom. The zero-order valence-corrected chi connectivity index (χ0v) is 14.1. The molecule has 1 aliphatic heterocycles. The van der Waals surface area contributed by atoms with Crippen molar-refractivity contribution in [1.29, 1.82) is 0 Å². The second-order valence-electron chi connectivity index (χ2n) is 6.39. The molecule has 0 saturated carbocycles. The molecule has 0 aromatic heterocycles. The van der Waals surface area contributed by atoms with E-state index in [4.69, 9.17) is 0 Å². The summed E-state index contributed by atoms with van der Waals surface area (Å²) in [7, 11) is 0. The van der Waals surface area contributed by atoms with Crippen molar-refractivity contribution in [2.75, 3.05) is 31.5 Å². The van der Waals surface area contributed by atoms with Gasteiger partial charge in [0.05, 0.1) is 0 Å². The second-order valence-corrected chi connectivity index (χ2v) is 6.39. The highest BCUT2D eigenvalue weighted by Crippen LogP contribution is 2.23. The van der Waals surface area contributed by atoms with Crippen molar-refractivity contribution in [1.82, 2.24) is 9.80 Å². The molecule has 1 aromatic rings. The van der Waals surface area contributed by atoms with Gasteiger partial charge in [-0.3, -0.25) is 14.4 Å². The van der Waals surface area contributed by atoms with Crippen LogP contribution in [-0.2, 0) is 14.4 Å². The normalized spacial score (nSPS) is 15.2. The number of benzene rings is 1. The first-order valence-electron chi connectivity index (χ1n) is 7.83. The van der Waals surface area contributed by atoms with E-state index in [1.54, 1.807) is 29.7 Å². The molecule has 1 aromatic carbocycles. The predicted molar refractivity (Wildman–Crippen MR) is 87.6 cm³/mol. The highest BCUT2D eigenvalue weighted by atomic mass is 19.1. The number of hydrogen-bond donors (Lipinski definition) is 1. The fourth-order valence-electron chi connectivity index (χ4n) is 2.57. The van der Waals surface area contributed by atoms with Crippen molar-refractivity contribution in [3.8, 4) is 0 Å². The summed E-state index contributed by atoms with van der Waals surface area (Å²) in [5.74, 6) is -1.28. The molecule has 24 heavy (non-hydrogen) atoms. The Morgan fingerprint density at radius 3 is 2.21 bits per heavy atom. The van der Waals surface area contributed by atoms with Gasteiger partial charge in [0.1, 0.15) is 11.2 Å². The molecule has 3 amide bonds. The lowest BCUT2D eigenvalue weighted by Gasteiger charge is -2.37. The van der Waals surface area contributed by atoms with Crippen molar-refractivity contribution in [3.05, 3.63) is 30.1 Å². The van der Waals surface area contributed by atoms with Crippen molar-refractivity contribution < 1.29 is 18.8 Å². The standard InChI is InChI=1S/C17H22FN3O3/c1-12(22)20-7-9-21(10-8-20)16(24)17(2,3)15(23)19-14-6-4-5-13(18)11-14/h4-6,11H,7-10H2,1-3H3,(H,19,23). The van der Waals surface area contributed by atoms with Crippen LogP contribution in [0.2, 0.25) is 0 Å². The van der Waals surface area contributed by atoms with Gasteiger partial charge in [-0.2, -0.15) is 0 Å². The molecule has 2 rings (SSSR count). The Labute approximate surface area is 140 Å². The monoisotopic (exact) mass is 335 g/mol. The van der Waals surface area contributed by atoms with Crippen LogP contribution in [0.3, 0.4) is 0 Å². The third kappa shape index (κ3) is 3.90. The molecule has 1 fully saturated rings. The molecule has 7 heteroatoms. The van der Waals surface area contributed by atoms with E-state index in [0.29, 0.717) is 31.9 Å². The lowest BCUT2D eigenvalue weighted by Crippen LogP contribution is -2.55. The minimum atomic E-state index is -1.29. The SMILES string of the molecule is CC(=O)N1CCN(C(=O)C(C)(C)C(=O)Nc2cccc(F)c2)CC1. The molecule has 1 heterocycles. The number of halogens is 1. The molecule has 0 bridgehead atoms. The Morgan fingerprint density at radius 1 is 1.08 bits per heavy atom.